The van der Waals surface area contributed by atoms with Gasteiger partial charge in [-0.25, -0.2) is 0 Å². The van der Waals surface area contributed by atoms with Gasteiger partial charge in [0.25, 0.3) is 0 Å². The molecule has 81 valence electrons. The van der Waals surface area contributed by atoms with Crippen LogP contribution in [0.25, 0.3) is 5.84 Å². The summed E-state index contributed by atoms with van der Waals surface area (Å²) in [6.07, 6.45) is 0.825. The van der Waals surface area contributed by atoms with E-state index in [-0.39, 0.29) is 44.7 Å². The van der Waals surface area contributed by atoms with Gasteiger partial charge in [0.1, 0.15) is 0 Å². The third kappa shape index (κ3) is 6.88. The summed E-state index contributed by atoms with van der Waals surface area (Å²) in [6.45, 7) is 8.08. The van der Waals surface area contributed by atoms with Gasteiger partial charge in [-0.15, -0.1) is 0 Å². The molecule has 2 N–H and O–H groups in total. The normalized spacial score (nSPS) is 11.0. The van der Waals surface area contributed by atoms with Crippen molar-refractivity contribution in [2.45, 2.75) is 40.2 Å². The average molecular weight is 276 g/mol. The smallest absolute Gasteiger partial charge is 0.208 e. The summed E-state index contributed by atoms with van der Waals surface area (Å²) in [5.41, 5.74) is 1.38. The number of hydrogen-bond acceptors (Lipinski definition) is 2. The summed E-state index contributed by atoms with van der Waals surface area (Å²) in [5, 5.41) is 0. The molecular formula is C9H19N2O2Y-. The van der Waals surface area contributed by atoms with Gasteiger partial charge in [-0.2, -0.15) is 0 Å². The van der Waals surface area contributed by atoms with Crippen LogP contribution in [0, 0.1) is 5.41 Å². The fraction of sp³-hybridized carbons (Fsp3) is 0.889. The van der Waals surface area contributed by atoms with Crippen molar-refractivity contribution in [1.29, 1.82) is 0 Å². The summed E-state index contributed by atoms with van der Waals surface area (Å²) in [6, 6.07) is 0. The molecule has 1 radical (unpaired) electrons. The minimum Gasteiger partial charge on any atom is -0.584 e. The van der Waals surface area contributed by atoms with E-state index in [0.717, 1.165) is 0 Å². The largest absolute Gasteiger partial charge is 0.584 e. The number of amides is 1. The third-order valence-electron chi connectivity index (χ3n) is 1.91. The molecule has 0 unspecified atom stereocenters. The van der Waals surface area contributed by atoms with Gasteiger partial charge in [-0.05, 0) is 20.3 Å². The number of hydrogen-bond donors (Lipinski definition) is 1. The van der Waals surface area contributed by atoms with Crippen LogP contribution in [0.1, 0.15) is 34.1 Å². The summed E-state index contributed by atoms with van der Waals surface area (Å²) in [4.78, 5) is 11.2. The molecule has 0 bridgehead atoms. The Balaban J connectivity index is 0. The van der Waals surface area contributed by atoms with Crippen LogP contribution in [0.4, 0.5) is 0 Å². The molecule has 5 heteroatoms. The molecule has 0 saturated carbocycles. The Morgan fingerprint density at radius 3 is 2.36 bits per heavy atom. The Hall–Kier alpha value is 0.494. The van der Waals surface area contributed by atoms with Gasteiger partial charge in [0.05, 0.1) is 6.10 Å². The maximum atomic E-state index is 11.2. The zero-order chi connectivity index (χ0) is 10.5. The fourth-order valence-corrected chi connectivity index (χ4v) is 0.833. The van der Waals surface area contributed by atoms with Crippen LogP contribution in [0.15, 0.2) is 0 Å². The summed E-state index contributed by atoms with van der Waals surface area (Å²) in [5.74, 6) is 6.48. The van der Waals surface area contributed by atoms with E-state index in [4.69, 9.17) is 10.6 Å². The second-order valence-corrected chi connectivity index (χ2v) is 4.01. The monoisotopic (exact) mass is 276 g/mol. The minimum atomic E-state index is -0.517. The zero-order valence-electron chi connectivity index (χ0n) is 9.39. The fourth-order valence-electron chi connectivity index (χ4n) is 0.833. The second-order valence-electron chi connectivity index (χ2n) is 4.01. The number of carbonyl (C=O) groups excluding carboxylic acids is 1. The van der Waals surface area contributed by atoms with Crippen LogP contribution >= 0.6 is 0 Å². The van der Waals surface area contributed by atoms with Crippen molar-refractivity contribution in [3.05, 3.63) is 5.84 Å². The van der Waals surface area contributed by atoms with Crippen molar-refractivity contribution in [3.8, 4) is 0 Å². The molecule has 0 fully saturated rings. The summed E-state index contributed by atoms with van der Waals surface area (Å²) in [7, 11) is 0. The molecule has 0 heterocycles. The van der Waals surface area contributed by atoms with E-state index in [1.807, 2.05) is 19.3 Å². The first kappa shape index (κ1) is 16.9. The standard InChI is InChI=1S/C9H19N2O2.Y/c1-7(2)13-6-5-9(3,4)8(12)11-10;/h7,10H,5-6H2,1-4H3,(H,11,12);/q-1;. The van der Waals surface area contributed by atoms with E-state index in [1.54, 1.807) is 13.8 Å². The maximum Gasteiger partial charge on any atom is 0.208 e. The van der Waals surface area contributed by atoms with Crippen LogP contribution in [0.2, 0.25) is 0 Å². The third-order valence-corrected chi connectivity index (χ3v) is 1.91. The number of nitrogens with one attached hydrogen (secondary N) is 2. The van der Waals surface area contributed by atoms with Crippen molar-refractivity contribution < 1.29 is 42.2 Å². The van der Waals surface area contributed by atoms with Crippen LogP contribution in [0.5, 0.6) is 0 Å². The molecule has 0 aromatic heterocycles. The molecule has 4 nitrogen and oxygen atoms in total. The van der Waals surface area contributed by atoms with Crippen LogP contribution in [-0.4, -0.2) is 18.6 Å². The molecular weight excluding hydrogens is 257 g/mol. The molecule has 1 amide bonds. The minimum absolute atomic E-state index is 0. The zero-order valence-corrected chi connectivity index (χ0v) is 12.2. The van der Waals surface area contributed by atoms with Gasteiger partial charge >= 0.3 is 0 Å². The Morgan fingerprint density at radius 1 is 1.50 bits per heavy atom. The summed E-state index contributed by atoms with van der Waals surface area (Å²) >= 11 is 0. The van der Waals surface area contributed by atoms with Crippen molar-refractivity contribution in [1.82, 2.24) is 5.43 Å². The maximum absolute atomic E-state index is 11.2. The van der Waals surface area contributed by atoms with Gasteiger partial charge in [-0.1, -0.05) is 13.8 Å². The Kier molecular flexibility index (Phi) is 9.35. The van der Waals surface area contributed by atoms with Gasteiger partial charge in [0, 0.05) is 44.7 Å². The van der Waals surface area contributed by atoms with E-state index in [9.17, 15) is 4.79 Å². The van der Waals surface area contributed by atoms with Crippen LogP contribution < -0.4 is 5.43 Å². The topological polar surface area (TPSA) is 62.1 Å². The second kappa shape index (κ2) is 7.74. The van der Waals surface area contributed by atoms with Crippen molar-refractivity contribution >= 4 is 5.91 Å². The predicted octanol–water partition coefficient (Wildman–Crippen LogP) is 1.91. The van der Waals surface area contributed by atoms with E-state index in [0.29, 0.717) is 13.0 Å². The average Bonchev–Trinajstić information content (AvgIpc) is 2.01. The molecule has 0 aromatic rings. The van der Waals surface area contributed by atoms with E-state index >= 15 is 0 Å². The number of rotatable bonds is 5. The van der Waals surface area contributed by atoms with E-state index in [2.05, 4.69) is 0 Å². The van der Waals surface area contributed by atoms with Crippen molar-refractivity contribution in [2.75, 3.05) is 6.61 Å². The van der Waals surface area contributed by atoms with E-state index in [1.165, 1.54) is 0 Å². The first-order chi connectivity index (χ1) is 5.90. The molecule has 0 atom stereocenters. The first-order valence-electron chi connectivity index (χ1n) is 4.49. The number of carbonyl (C=O) groups is 1. The van der Waals surface area contributed by atoms with Gasteiger partial charge in [-0.3, -0.25) is 4.79 Å². The first-order valence-corrected chi connectivity index (χ1v) is 4.49. The van der Waals surface area contributed by atoms with Crippen LogP contribution in [-0.2, 0) is 42.2 Å². The molecule has 14 heavy (non-hydrogen) atoms. The Labute approximate surface area is 111 Å². The van der Waals surface area contributed by atoms with Gasteiger partial charge in [0.2, 0.25) is 5.91 Å². The number of ether oxygens (including phenoxy) is 1. The van der Waals surface area contributed by atoms with Crippen molar-refractivity contribution in [2.24, 2.45) is 5.41 Å². The molecule has 0 aliphatic rings. The predicted molar refractivity (Wildman–Crippen MR) is 52.0 cm³/mol. The molecule has 0 aliphatic carbocycles. The molecule has 0 spiro atoms. The van der Waals surface area contributed by atoms with E-state index < -0.39 is 5.41 Å². The molecule has 0 aliphatic heterocycles. The van der Waals surface area contributed by atoms with Crippen LogP contribution in [0.3, 0.4) is 0 Å². The quantitative estimate of drug-likeness (QED) is 0.780. The Morgan fingerprint density at radius 2 is 2.00 bits per heavy atom. The Bertz CT molecular complexity index is 172. The SMILES string of the molecule is CC(C)OCCC(C)(C)C(=O)N[NH-].[Y]. The van der Waals surface area contributed by atoms with Gasteiger partial charge in [0.15, 0.2) is 0 Å². The molecule has 0 rings (SSSR count). The van der Waals surface area contributed by atoms with Crippen molar-refractivity contribution in [3.63, 3.8) is 0 Å². The molecule has 0 saturated heterocycles. The molecule has 0 aromatic carbocycles. The summed E-state index contributed by atoms with van der Waals surface area (Å²) < 4.78 is 5.33. The van der Waals surface area contributed by atoms with Gasteiger partial charge < -0.3 is 16.0 Å².